The van der Waals surface area contributed by atoms with Crippen LogP contribution in [0.4, 0.5) is 0 Å². The lowest BCUT2D eigenvalue weighted by molar-refractivity contribution is -0.143. The Bertz CT molecular complexity index is 991. The summed E-state index contributed by atoms with van der Waals surface area (Å²) >= 11 is 16.3. The quantitative estimate of drug-likeness (QED) is 0.365. The lowest BCUT2D eigenvalue weighted by atomic mass is 9.95. The molecule has 2 aromatic carbocycles. The van der Waals surface area contributed by atoms with E-state index in [1.165, 1.54) is 11.3 Å². The molecule has 0 aromatic heterocycles. The van der Waals surface area contributed by atoms with Gasteiger partial charge < -0.3 is 15.0 Å². The van der Waals surface area contributed by atoms with E-state index >= 15 is 0 Å². The van der Waals surface area contributed by atoms with Crippen LogP contribution in [-0.2, 0) is 16.1 Å². The molecule has 0 radical (unpaired) electrons. The van der Waals surface area contributed by atoms with E-state index in [1.54, 1.807) is 24.3 Å². The number of nitrogens with zero attached hydrogens (tertiary/aromatic N) is 1. The van der Waals surface area contributed by atoms with Crippen LogP contribution in [0.3, 0.4) is 0 Å². The van der Waals surface area contributed by atoms with Gasteiger partial charge in [0.05, 0.1) is 0 Å². The number of hydrogen-bond donors (Lipinski definition) is 1. The summed E-state index contributed by atoms with van der Waals surface area (Å²) in [6, 6.07) is 10.3. The number of amides is 2. The topological polar surface area (TPSA) is 58.6 Å². The van der Waals surface area contributed by atoms with Gasteiger partial charge in [-0.25, -0.2) is 0 Å². The number of carbonyl (C=O) groups excluding carboxylic acids is 2. The Balaban J connectivity index is 1.81. The lowest BCUT2D eigenvalue weighted by Crippen LogP contribution is -2.52. The standard InChI is InChI=1S/C26H31BrCl2N2O3/c1-3-24(26(33)30-18-8-5-4-6-9-18)31(15-20-22(28)10-7-11-23(20)29)25(32)16-34-19-12-13-21(27)17(2)14-19/h7,10-14,18,24H,3-6,8-9,15-16H2,1-2H3,(H,30,33)/t24-/m0/s1. The third-order valence-corrected chi connectivity index (χ3v) is 7.82. The van der Waals surface area contributed by atoms with Crippen molar-refractivity contribution in [1.82, 2.24) is 10.2 Å². The SMILES string of the molecule is CC[C@@H](C(=O)NC1CCCCC1)N(Cc1c(Cl)cccc1Cl)C(=O)COc1ccc(Br)c(C)c1. The van der Waals surface area contributed by atoms with Crippen LogP contribution >= 0.6 is 39.1 Å². The first-order chi connectivity index (χ1) is 16.3. The summed E-state index contributed by atoms with van der Waals surface area (Å²) in [7, 11) is 0. The largest absolute Gasteiger partial charge is 0.484 e. The molecule has 3 rings (SSSR count). The highest BCUT2D eigenvalue weighted by Gasteiger charge is 2.31. The Morgan fingerprint density at radius 3 is 2.44 bits per heavy atom. The van der Waals surface area contributed by atoms with Crippen molar-refractivity contribution >= 4 is 50.9 Å². The third kappa shape index (κ3) is 7.12. The second-order valence-electron chi connectivity index (χ2n) is 8.69. The van der Waals surface area contributed by atoms with Crippen LogP contribution in [0.2, 0.25) is 10.0 Å². The maximum Gasteiger partial charge on any atom is 0.261 e. The van der Waals surface area contributed by atoms with Crippen molar-refractivity contribution in [3.63, 3.8) is 0 Å². The van der Waals surface area contributed by atoms with E-state index in [0.29, 0.717) is 27.8 Å². The van der Waals surface area contributed by atoms with Gasteiger partial charge in [0.15, 0.2) is 6.61 Å². The molecule has 1 aliphatic carbocycles. The fraction of sp³-hybridized carbons (Fsp3) is 0.462. The smallest absolute Gasteiger partial charge is 0.261 e. The summed E-state index contributed by atoms with van der Waals surface area (Å²) in [5, 5.41) is 4.07. The average Bonchev–Trinajstić information content (AvgIpc) is 2.82. The van der Waals surface area contributed by atoms with Gasteiger partial charge in [0.25, 0.3) is 5.91 Å². The first-order valence-electron chi connectivity index (χ1n) is 11.7. The first kappa shape index (κ1) is 26.8. The minimum Gasteiger partial charge on any atom is -0.484 e. The first-order valence-corrected chi connectivity index (χ1v) is 13.3. The lowest BCUT2D eigenvalue weighted by Gasteiger charge is -2.33. The van der Waals surface area contributed by atoms with Crippen molar-refractivity contribution in [3.05, 3.63) is 62.0 Å². The van der Waals surface area contributed by atoms with Crippen molar-refractivity contribution < 1.29 is 14.3 Å². The molecule has 8 heteroatoms. The average molecular weight is 570 g/mol. The number of carbonyl (C=O) groups is 2. The molecule has 5 nitrogen and oxygen atoms in total. The molecule has 0 heterocycles. The fourth-order valence-corrected chi connectivity index (χ4v) is 5.02. The number of hydrogen-bond acceptors (Lipinski definition) is 3. The molecule has 1 N–H and O–H groups in total. The van der Waals surface area contributed by atoms with Gasteiger partial charge >= 0.3 is 0 Å². The van der Waals surface area contributed by atoms with Gasteiger partial charge in [0, 0.05) is 32.7 Å². The Morgan fingerprint density at radius 1 is 1.15 bits per heavy atom. The van der Waals surface area contributed by atoms with Gasteiger partial charge in [-0.2, -0.15) is 0 Å². The molecule has 0 bridgehead atoms. The van der Waals surface area contributed by atoms with Crippen LogP contribution in [0.25, 0.3) is 0 Å². The zero-order chi connectivity index (χ0) is 24.7. The van der Waals surface area contributed by atoms with E-state index in [0.717, 1.165) is 35.7 Å². The zero-order valence-corrected chi connectivity index (χ0v) is 22.7. The molecule has 184 valence electrons. The monoisotopic (exact) mass is 568 g/mol. The molecule has 0 aliphatic heterocycles. The summed E-state index contributed by atoms with van der Waals surface area (Å²) in [6.45, 7) is 3.78. The molecule has 1 fully saturated rings. The number of ether oxygens (including phenoxy) is 1. The molecule has 1 atom stereocenters. The zero-order valence-electron chi connectivity index (χ0n) is 19.6. The van der Waals surface area contributed by atoms with Crippen LogP contribution < -0.4 is 10.1 Å². The van der Waals surface area contributed by atoms with Crippen LogP contribution in [-0.4, -0.2) is 35.4 Å². The number of halogens is 3. The van der Waals surface area contributed by atoms with Crippen molar-refractivity contribution in [2.45, 2.75) is 71.0 Å². The molecule has 0 unspecified atom stereocenters. The predicted molar refractivity (Wildman–Crippen MR) is 140 cm³/mol. The van der Waals surface area contributed by atoms with Crippen molar-refractivity contribution in [2.75, 3.05) is 6.61 Å². The number of benzene rings is 2. The highest BCUT2D eigenvalue weighted by molar-refractivity contribution is 9.10. The molecule has 2 amide bonds. The number of aryl methyl sites for hydroxylation is 1. The molecule has 2 aromatic rings. The van der Waals surface area contributed by atoms with E-state index in [4.69, 9.17) is 27.9 Å². The Morgan fingerprint density at radius 2 is 1.82 bits per heavy atom. The van der Waals surface area contributed by atoms with Gasteiger partial charge in [-0.1, -0.05) is 71.4 Å². The minimum absolute atomic E-state index is 0.122. The van der Waals surface area contributed by atoms with E-state index in [2.05, 4.69) is 21.2 Å². The summed E-state index contributed by atoms with van der Waals surface area (Å²) < 4.78 is 6.76. The molecule has 34 heavy (non-hydrogen) atoms. The second kappa shape index (κ2) is 12.8. The normalized spacial score (nSPS) is 15.0. The van der Waals surface area contributed by atoms with E-state index in [-0.39, 0.29) is 31.0 Å². The summed E-state index contributed by atoms with van der Waals surface area (Å²) in [5.41, 5.74) is 1.62. The second-order valence-corrected chi connectivity index (χ2v) is 10.4. The van der Waals surface area contributed by atoms with E-state index in [9.17, 15) is 9.59 Å². The van der Waals surface area contributed by atoms with Crippen LogP contribution in [0, 0.1) is 6.92 Å². The predicted octanol–water partition coefficient (Wildman–Crippen LogP) is 6.70. The molecular formula is C26H31BrCl2N2O3. The summed E-state index contributed by atoms with van der Waals surface area (Å²) in [6.07, 6.45) is 5.83. The van der Waals surface area contributed by atoms with Gasteiger partial charge in [-0.3, -0.25) is 9.59 Å². The fourth-order valence-electron chi connectivity index (χ4n) is 4.25. The minimum atomic E-state index is -0.656. The summed E-state index contributed by atoms with van der Waals surface area (Å²) in [4.78, 5) is 28.2. The van der Waals surface area contributed by atoms with Gasteiger partial charge in [0.2, 0.25) is 5.91 Å². The maximum absolute atomic E-state index is 13.4. The highest BCUT2D eigenvalue weighted by atomic mass is 79.9. The molecule has 0 saturated heterocycles. The molecular weight excluding hydrogens is 539 g/mol. The highest BCUT2D eigenvalue weighted by Crippen LogP contribution is 2.28. The summed E-state index contributed by atoms with van der Waals surface area (Å²) in [5.74, 6) is 0.136. The van der Waals surface area contributed by atoms with Crippen LogP contribution in [0.15, 0.2) is 40.9 Å². The van der Waals surface area contributed by atoms with Crippen molar-refractivity contribution in [1.29, 1.82) is 0 Å². The van der Waals surface area contributed by atoms with Crippen molar-refractivity contribution in [3.8, 4) is 5.75 Å². The third-order valence-electron chi connectivity index (χ3n) is 6.22. The molecule has 0 spiro atoms. The number of nitrogens with one attached hydrogen (secondary N) is 1. The Hall–Kier alpha value is -1.76. The van der Waals surface area contributed by atoms with E-state index in [1.807, 2.05) is 26.0 Å². The van der Waals surface area contributed by atoms with Crippen molar-refractivity contribution in [2.24, 2.45) is 0 Å². The molecule has 1 aliphatic rings. The van der Waals surface area contributed by atoms with E-state index < -0.39 is 6.04 Å². The Kier molecular flexibility index (Phi) is 10.1. The van der Waals surface area contributed by atoms with Crippen LogP contribution in [0.1, 0.15) is 56.6 Å². The van der Waals surface area contributed by atoms with Gasteiger partial charge in [0.1, 0.15) is 11.8 Å². The van der Waals surface area contributed by atoms with Gasteiger partial charge in [-0.05, 0) is 62.1 Å². The van der Waals surface area contributed by atoms with Gasteiger partial charge in [-0.15, -0.1) is 0 Å². The molecule has 1 saturated carbocycles. The Labute approximate surface area is 220 Å². The number of rotatable bonds is 9. The van der Waals surface area contributed by atoms with Crippen LogP contribution in [0.5, 0.6) is 5.75 Å². The maximum atomic E-state index is 13.4.